The van der Waals surface area contributed by atoms with Gasteiger partial charge in [0.1, 0.15) is 52.3 Å². The number of aliphatic hydroxyl groups excluding tert-OH is 2. The van der Waals surface area contributed by atoms with Crippen LogP contribution in [0, 0.1) is 11.8 Å². The Bertz CT molecular complexity index is 2370. The first-order valence-electron chi connectivity index (χ1n) is 20.7. The number of nitrogens with one attached hydrogen (secondary N) is 2. The number of phenolic OH excluding ortho intramolecular Hbond substituents is 2. The van der Waals surface area contributed by atoms with E-state index < -0.39 is 48.2 Å². The number of hydrogen-bond acceptors (Lipinski definition) is 13. The lowest BCUT2D eigenvalue weighted by atomic mass is 9.68. The second kappa shape index (κ2) is 16.3. The number of esters is 1. The van der Waals surface area contributed by atoms with E-state index in [9.17, 15) is 30.0 Å². The van der Waals surface area contributed by atoms with Gasteiger partial charge in [-0.1, -0.05) is 43.2 Å². The molecule has 2 aromatic carbocycles. The molecule has 5 aliphatic rings. The quantitative estimate of drug-likeness (QED) is 0.104. The van der Waals surface area contributed by atoms with E-state index in [0.29, 0.717) is 48.3 Å². The fourth-order valence-electron chi connectivity index (χ4n) is 10.1. The van der Waals surface area contributed by atoms with Crippen molar-refractivity contribution in [1.82, 2.24) is 10.6 Å². The van der Waals surface area contributed by atoms with E-state index in [2.05, 4.69) is 10.6 Å². The van der Waals surface area contributed by atoms with Crippen LogP contribution in [-0.2, 0) is 22.6 Å². The van der Waals surface area contributed by atoms with Gasteiger partial charge in [-0.2, -0.15) is 0 Å². The standard InChI is InChI=1S/C46H54N4O9/c1-3-30(25-7-4-5-8-25)45(56)58-36-20-33-41(55)39-35(54)19-29(22-51)57-43(39)40-38(34(23-52)26-9-6-10-28(53)18-26)31-15-16-49-44(48)32(31)13-12-27(46(36,2)59-42(33)40)17-24-11-14-37(47)50-21-24/h3,6,9-11,14-15,18-19,21,25,27,34,36-38,49-53,55H,4-5,7-8,12-13,16-17,20,22-23,47-48H2,1-2H3. The molecule has 3 aromatic rings. The molecule has 1 fully saturated rings. The third kappa shape index (κ3) is 7.29. The maximum absolute atomic E-state index is 14.4. The zero-order valence-electron chi connectivity index (χ0n) is 33.5. The van der Waals surface area contributed by atoms with Crippen LogP contribution < -0.4 is 32.3 Å². The Hall–Kier alpha value is -5.50. The number of rotatable bonds is 9. The van der Waals surface area contributed by atoms with Crippen molar-refractivity contribution in [2.24, 2.45) is 23.3 Å². The van der Waals surface area contributed by atoms with Gasteiger partial charge >= 0.3 is 5.97 Å². The molecular formula is C46H54N4O9. The molecule has 312 valence electrons. The molecule has 2 bridgehead atoms. The van der Waals surface area contributed by atoms with Crippen LogP contribution in [0.5, 0.6) is 17.2 Å². The first-order chi connectivity index (χ1) is 28.4. The largest absolute Gasteiger partial charge is 0.508 e. The van der Waals surface area contributed by atoms with E-state index in [1.165, 1.54) is 0 Å². The first kappa shape index (κ1) is 40.3. The number of nitrogens with two attached hydrogens (primary N) is 2. The molecule has 5 heterocycles. The summed E-state index contributed by atoms with van der Waals surface area (Å²) in [7, 11) is 0. The summed E-state index contributed by atoms with van der Waals surface area (Å²) in [6.07, 6.45) is 13.6. The molecule has 6 unspecified atom stereocenters. The van der Waals surface area contributed by atoms with Gasteiger partial charge < -0.3 is 56.4 Å². The Balaban J connectivity index is 1.42. The van der Waals surface area contributed by atoms with Crippen molar-refractivity contribution in [3.8, 4) is 17.2 Å². The molecule has 1 aliphatic carbocycles. The maximum atomic E-state index is 14.4. The number of aliphatic hydroxyl groups is 2. The molecule has 8 rings (SSSR count). The molecule has 1 saturated carbocycles. The van der Waals surface area contributed by atoms with Crippen molar-refractivity contribution < 1.29 is 39.1 Å². The zero-order chi connectivity index (χ0) is 41.6. The number of phenols is 2. The topological polar surface area (TPSA) is 223 Å². The van der Waals surface area contributed by atoms with Crippen molar-refractivity contribution in [1.29, 1.82) is 0 Å². The summed E-state index contributed by atoms with van der Waals surface area (Å²) in [6, 6.07) is 7.79. The number of carbonyl (C=O) groups excluding carboxylic acids is 1. The summed E-state index contributed by atoms with van der Waals surface area (Å²) in [4.78, 5) is 28.4. The van der Waals surface area contributed by atoms with E-state index in [1.807, 2.05) is 50.4 Å². The lowest BCUT2D eigenvalue weighted by molar-refractivity contribution is -0.165. The fraction of sp³-hybridized carbons (Fsp3) is 0.435. The zero-order valence-corrected chi connectivity index (χ0v) is 33.5. The average molecular weight is 807 g/mol. The number of hydrogen-bond donors (Lipinski definition) is 8. The molecule has 10 N–H and O–H groups in total. The molecule has 59 heavy (non-hydrogen) atoms. The van der Waals surface area contributed by atoms with Gasteiger partial charge in [-0.15, -0.1) is 0 Å². The second-order valence-corrected chi connectivity index (χ2v) is 16.6. The van der Waals surface area contributed by atoms with Crippen LogP contribution in [0.15, 0.2) is 98.2 Å². The fourth-order valence-corrected chi connectivity index (χ4v) is 10.1. The predicted molar refractivity (Wildman–Crippen MR) is 222 cm³/mol. The van der Waals surface area contributed by atoms with E-state index in [0.717, 1.165) is 48.5 Å². The van der Waals surface area contributed by atoms with Gasteiger partial charge in [-0.25, -0.2) is 4.79 Å². The van der Waals surface area contributed by atoms with Crippen molar-refractivity contribution in [2.45, 2.75) is 102 Å². The van der Waals surface area contributed by atoms with Crippen LogP contribution in [-0.4, -0.2) is 57.4 Å². The summed E-state index contributed by atoms with van der Waals surface area (Å²) >= 11 is 0. The SMILES string of the molecule is CC=C(C(=O)OC1Cc2c3c(c4oc(CO)cc(=O)c4c2O)C(C(CO)c2cccc(O)c2)C2=CCNC(N)=C2CCC(CC2=CNC(N)C=C2)C1(C)O3)C1CCCC1. The van der Waals surface area contributed by atoms with Crippen LogP contribution in [0.1, 0.15) is 93.1 Å². The van der Waals surface area contributed by atoms with Crippen LogP contribution in [0.25, 0.3) is 11.0 Å². The Morgan fingerprint density at radius 3 is 2.64 bits per heavy atom. The molecule has 13 nitrogen and oxygen atoms in total. The van der Waals surface area contributed by atoms with Crippen molar-refractivity contribution in [2.75, 3.05) is 13.2 Å². The lowest BCUT2D eigenvalue weighted by Gasteiger charge is -2.49. The number of aromatic hydroxyl groups is 2. The molecule has 0 saturated heterocycles. The number of carbonyl (C=O) groups is 1. The van der Waals surface area contributed by atoms with Crippen molar-refractivity contribution in [3.63, 3.8) is 0 Å². The monoisotopic (exact) mass is 806 g/mol. The van der Waals surface area contributed by atoms with Crippen LogP contribution >= 0.6 is 0 Å². The third-order valence-corrected chi connectivity index (χ3v) is 13.2. The third-order valence-electron chi connectivity index (χ3n) is 13.2. The Morgan fingerprint density at radius 1 is 1.15 bits per heavy atom. The first-order valence-corrected chi connectivity index (χ1v) is 20.7. The van der Waals surface area contributed by atoms with Gasteiger partial charge in [0.25, 0.3) is 0 Å². The molecule has 0 radical (unpaired) electrons. The normalized spacial score (nSPS) is 26.2. The molecule has 4 aliphatic heterocycles. The summed E-state index contributed by atoms with van der Waals surface area (Å²) in [6.45, 7) is 3.15. The number of allylic oxidation sites excluding steroid dienone is 5. The highest BCUT2D eigenvalue weighted by Crippen LogP contribution is 2.57. The Kier molecular flexibility index (Phi) is 11.1. The molecule has 6 atom stereocenters. The van der Waals surface area contributed by atoms with E-state index in [1.54, 1.807) is 18.2 Å². The van der Waals surface area contributed by atoms with Crippen molar-refractivity contribution in [3.05, 3.63) is 122 Å². The smallest absolute Gasteiger partial charge is 0.334 e. The number of benzene rings is 2. The molecule has 0 spiro atoms. The Morgan fingerprint density at radius 2 is 1.95 bits per heavy atom. The van der Waals surface area contributed by atoms with Gasteiger partial charge in [0.15, 0.2) is 5.43 Å². The highest BCUT2D eigenvalue weighted by molar-refractivity contribution is 5.92. The minimum absolute atomic E-state index is 0.00184. The summed E-state index contributed by atoms with van der Waals surface area (Å²) in [5, 5.41) is 51.1. The van der Waals surface area contributed by atoms with E-state index >= 15 is 0 Å². The lowest BCUT2D eigenvalue weighted by Crippen LogP contribution is -2.57. The second-order valence-electron chi connectivity index (χ2n) is 16.6. The minimum atomic E-state index is -1.25. The summed E-state index contributed by atoms with van der Waals surface area (Å²) in [5.41, 5.74) is 15.5. The predicted octanol–water partition coefficient (Wildman–Crippen LogP) is 5.13. The van der Waals surface area contributed by atoms with Crippen LogP contribution in [0.3, 0.4) is 0 Å². The van der Waals surface area contributed by atoms with Gasteiger partial charge in [0.2, 0.25) is 0 Å². The number of fused-ring (bicyclic) bond motifs is 4. The minimum Gasteiger partial charge on any atom is -0.508 e. The van der Waals surface area contributed by atoms with Gasteiger partial charge in [0.05, 0.1) is 18.6 Å². The number of dihydropyridines is 2. The number of ether oxygens (including phenoxy) is 2. The molecule has 13 heteroatoms. The summed E-state index contributed by atoms with van der Waals surface area (Å²) in [5.74, 6) is -2.01. The van der Waals surface area contributed by atoms with Crippen LogP contribution in [0.2, 0.25) is 0 Å². The van der Waals surface area contributed by atoms with Gasteiger partial charge in [-0.05, 0) is 92.4 Å². The molecular weight excluding hydrogens is 753 g/mol. The molecule has 1 aromatic heterocycles. The Labute approximate surface area is 342 Å². The summed E-state index contributed by atoms with van der Waals surface area (Å²) < 4.78 is 20.4. The highest BCUT2D eigenvalue weighted by Gasteiger charge is 2.53. The van der Waals surface area contributed by atoms with Gasteiger partial charge in [0, 0.05) is 59.7 Å². The van der Waals surface area contributed by atoms with E-state index in [-0.39, 0.29) is 64.0 Å². The van der Waals surface area contributed by atoms with Crippen LogP contribution in [0.4, 0.5) is 0 Å². The average Bonchev–Trinajstić information content (AvgIpc) is 3.75. The van der Waals surface area contributed by atoms with Gasteiger partial charge in [-0.3, -0.25) is 4.79 Å². The van der Waals surface area contributed by atoms with Crippen molar-refractivity contribution >= 4 is 16.9 Å². The maximum Gasteiger partial charge on any atom is 0.334 e. The molecule has 0 amide bonds. The highest BCUT2D eigenvalue weighted by atomic mass is 16.6. The van der Waals surface area contributed by atoms with E-state index in [4.69, 9.17) is 25.4 Å².